The molecule has 0 radical (unpaired) electrons. The van der Waals surface area contributed by atoms with E-state index in [2.05, 4.69) is 24.0 Å². The summed E-state index contributed by atoms with van der Waals surface area (Å²) in [6.07, 6.45) is 2.63. The second kappa shape index (κ2) is 7.77. The number of nitrogens with zero attached hydrogens (tertiary/aromatic N) is 2. The van der Waals surface area contributed by atoms with Crippen LogP contribution in [0.3, 0.4) is 0 Å². The first-order chi connectivity index (χ1) is 11.0. The maximum Gasteiger partial charge on any atom is 0.255 e. The Bertz CT molecular complexity index is 653. The van der Waals surface area contributed by atoms with Gasteiger partial charge in [-0.25, -0.2) is 0 Å². The Kier molecular flexibility index (Phi) is 5.74. The van der Waals surface area contributed by atoms with Crippen molar-refractivity contribution in [3.8, 4) is 5.75 Å². The number of methoxy groups -OCH3 is 1. The average Bonchev–Trinajstić information content (AvgIpc) is 2.55. The molecule has 1 atom stereocenters. The molecule has 0 saturated carbocycles. The second-order valence-electron chi connectivity index (χ2n) is 5.98. The predicted octanol–water partition coefficient (Wildman–Crippen LogP) is 3.35. The van der Waals surface area contributed by atoms with Crippen molar-refractivity contribution in [3.05, 3.63) is 59.4 Å². The third-order valence-electron chi connectivity index (χ3n) is 3.91. The fourth-order valence-corrected chi connectivity index (χ4v) is 2.69. The highest BCUT2D eigenvalue weighted by Crippen LogP contribution is 2.16. The minimum atomic E-state index is 0.0252. The number of amides is 1. The number of pyridine rings is 1. The molecule has 4 heteroatoms. The van der Waals surface area contributed by atoms with Gasteiger partial charge in [0, 0.05) is 25.5 Å². The Balaban J connectivity index is 1.94. The van der Waals surface area contributed by atoms with E-state index in [1.54, 1.807) is 24.3 Å². The Morgan fingerprint density at radius 1 is 1.26 bits per heavy atom. The molecular formula is C19H24N2O2. The van der Waals surface area contributed by atoms with Crippen LogP contribution in [0.5, 0.6) is 5.75 Å². The second-order valence-corrected chi connectivity index (χ2v) is 5.98. The maximum absolute atomic E-state index is 12.5. The fraction of sp³-hybridized carbons (Fsp3) is 0.368. The third-order valence-corrected chi connectivity index (χ3v) is 3.91. The Morgan fingerprint density at radius 3 is 2.57 bits per heavy atom. The van der Waals surface area contributed by atoms with Crippen LogP contribution in [0.2, 0.25) is 0 Å². The topological polar surface area (TPSA) is 42.4 Å². The van der Waals surface area contributed by atoms with Gasteiger partial charge in [-0.1, -0.05) is 19.1 Å². The quantitative estimate of drug-likeness (QED) is 0.821. The van der Waals surface area contributed by atoms with Crippen molar-refractivity contribution in [2.45, 2.75) is 20.3 Å². The van der Waals surface area contributed by atoms with Gasteiger partial charge in [-0.3, -0.25) is 9.78 Å². The molecule has 0 aliphatic heterocycles. The molecule has 1 amide bonds. The monoisotopic (exact) mass is 312 g/mol. The molecular weight excluding hydrogens is 288 g/mol. The van der Waals surface area contributed by atoms with Gasteiger partial charge in [-0.05, 0) is 49.1 Å². The first-order valence-electron chi connectivity index (χ1n) is 7.81. The van der Waals surface area contributed by atoms with Gasteiger partial charge in [0.25, 0.3) is 5.91 Å². The van der Waals surface area contributed by atoms with Crippen LogP contribution in [-0.2, 0) is 6.42 Å². The molecule has 1 heterocycles. The maximum atomic E-state index is 12.5. The molecule has 1 aromatic carbocycles. The van der Waals surface area contributed by atoms with Crippen LogP contribution in [0, 0.1) is 12.8 Å². The van der Waals surface area contributed by atoms with Crippen molar-refractivity contribution in [2.75, 3.05) is 20.7 Å². The summed E-state index contributed by atoms with van der Waals surface area (Å²) in [4.78, 5) is 18.5. The largest absolute Gasteiger partial charge is 0.497 e. The highest BCUT2D eigenvalue weighted by atomic mass is 16.5. The highest BCUT2D eigenvalue weighted by molar-refractivity contribution is 5.95. The van der Waals surface area contributed by atoms with Gasteiger partial charge < -0.3 is 9.64 Å². The SMILES string of the molecule is COc1ccc(C[C@H](C)CN(C)C(=O)c2cccnc2C)cc1. The smallest absolute Gasteiger partial charge is 0.255 e. The summed E-state index contributed by atoms with van der Waals surface area (Å²) >= 11 is 0. The predicted molar refractivity (Wildman–Crippen MR) is 91.8 cm³/mol. The van der Waals surface area contributed by atoms with E-state index in [0.717, 1.165) is 17.9 Å². The van der Waals surface area contributed by atoms with E-state index in [0.29, 0.717) is 18.0 Å². The van der Waals surface area contributed by atoms with E-state index < -0.39 is 0 Å². The minimum absolute atomic E-state index is 0.0252. The molecule has 2 aromatic rings. The highest BCUT2D eigenvalue weighted by Gasteiger charge is 2.16. The first kappa shape index (κ1) is 17.0. The van der Waals surface area contributed by atoms with Crippen LogP contribution < -0.4 is 4.74 Å². The Hall–Kier alpha value is -2.36. The van der Waals surface area contributed by atoms with Crippen LogP contribution in [0.4, 0.5) is 0 Å². The molecule has 0 N–H and O–H groups in total. The summed E-state index contributed by atoms with van der Waals surface area (Å²) in [6, 6.07) is 11.7. The zero-order valence-corrected chi connectivity index (χ0v) is 14.2. The van der Waals surface area contributed by atoms with Gasteiger partial charge in [0.15, 0.2) is 0 Å². The van der Waals surface area contributed by atoms with Crippen LogP contribution in [-0.4, -0.2) is 36.5 Å². The van der Waals surface area contributed by atoms with Crippen molar-refractivity contribution in [3.63, 3.8) is 0 Å². The van der Waals surface area contributed by atoms with Crippen molar-refractivity contribution in [2.24, 2.45) is 5.92 Å². The summed E-state index contributed by atoms with van der Waals surface area (Å²) in [5.74, 6) is 1.26. The number of hydrogen-bond acceptors (Lipinski definition) is 3. The molecule has 0 aliphatic rings. The van der Waals surface area contributed by atoms with E-state index in [1.807, 2.05) is 32.2 Å². The number of hydrogen-bond donors (Lipinski definition) is 0. The van der Waals surface area contributed by atoms with Crippen LogP contribution >= 0.6 is 0 Å². The molecule has 0 aliphatic carbocycles. The minimum Gasteiger partial charge on any atom is -0.497 e. The zero-order valence-electron chi connectivity index (χ0n) is 14.2. The molecule has 2 rings (SSSR count). The summed E-state index contributed by atoms with van der Waals surface area (Å²) in [7, 11) is 3.51. The summed E-state index contributed by atoms with van der Waals surface area (Å²) in [5, 5.41) is 0. The molecule has 0 unspecified atom stereocenters. The Morgan fingerprint density at radius 2 is 1.96 bits per heavy atom. The number of rotatable bonds is 6. The summed E-state index contributed by atoms with van der Waals surface area (Å²) in [5.41, 5.74) is 2.69. The average molecular weight is 312 g/mol. The van der Waals surface area contributed by atoms with Crippen LogP contribution in [0.15, 0.2) is 42.6 Å². The number of aromatic nitrogens is 1. The zero-order chi connectivity index (χ0) is 16.8. The van der Waals surface area contributed by atoms with E-state index in [1.165, 1.54) is 5.56 Å². The molecule has 0 spiro atoms. The molecule has 0 saturated heterocycles. The fourth-order valence-electron chi connectivity index (χ4n) is 2.69. The van der Waals surface area contributed by atoms with Crippen molar-refractivity contribution in [1.29, 1.82) is 0 Å². The van der Waals surface area contributed by atoms with Gasteiger partial charge in [-0.15, -0.1) is 0 Å². The Labute approximate surface area is 138 Å². The van der Waals surface area contributed by atoms with Gasteiger partial charge in [-0.2, -0.15) is 0 Å². The van der Waals surface area contributed by atoms with Crippen molar-refractivity contribution >= 4 is 5.91 Å². The van der Waals surface area contributed by atoms with E-state index in [-0.39, 0.29) is 5.91 Å². The lowest BCUT2D eigenvalue weighted by Crippen LogP contribution is -2.32. The molecule has 0 bridgehead atoms. The lowest BCUT2D eigenvalue weighted by Gasteiger charge is -2.22. The van der Waals surface area contributed by atoms with E-state index in [9.17, 15) is 4.79 Å². The number of aryl methyl sites for hydroxylation is 1. The third kappa shape index (κ3) is 4.55. The number of ether oxygens (including phenoxy) is 1. The summed E-state index contributed by atoms with van der Waals surface area (Å²) < 4.78 is 5.17. The van der Waals surface area contributed by atoms with Gasteiger partial charge >= 0.3 is 0 Å². The molecule has 1 aromatic heterocycles. The van der Waals surface area contributed by atoms with E-state index >= 15 is 0 Å². The van der Waals surface area contributed by atoms with Crippen LogP contribution in [0.25, 0.3) is 0 Å². The lowest BCUT2D eigenvalue weighted by molar-refractivity contribution is 0.0774. The van der Waals surface area contributed by atoms with Crippen LogP contribution in [0.1, 0.15) is 28.5 Å². The number of benzene rings is 1. The molecule has 0 fully saturated rings. The number of carbonyl (C=O) groups is 1. The van der Waals surface area contributed by atoms with Gasteiger partial charge in [0.2, 0.25) is 0 Å². The normalized spacial score (nSPS) is 11.8. The molecule has 23 heavy (non-hydrogen) atoms. The van der Waals surface area contributed by atoms with Crippen molar-refractivity contribution < 1.29 is 9.53 Å². The van der Waals surface area contributed by atoms with Gasteiger partial charge in [0.1, 0.15) is 5.75 Å². The van der Waals surface area contributed by atoms with E-state index in [4.69, 9.17) is 4.74 Å². The van der Waals surface area contributed by atoms with Gasteiger partial charge in [0.05, 0.1) is 12.7 Å². The molecule has 4 nitrogen and oxygen atoms in total. The molecule has 122 valence electrons. The number of carbonyl (C=O) groups excluding carboxylic acids is 1. The standard InChI is InChI=1S/C19H24N2O2/c1-14(12-16-7-9-17(23-4)10-8-16)13-21(3)19(22)18-6-5-11-20-15(18)2/h5-11,14H,12-13H2,1-4H3/t14-/m0/s1. The lowest BCUT2D eigenvalue weighted by atomic mass is 10.0. The summed E-state index contributed by atoms with van der Waals surface area (Å²) in [6.45, 7) is 4.73. The first-order valence-corrected chi connectivity index (χ1v) is 7.81. The van der Waals surface area contributed by atoms with Crippen molar-refractivity contribution in [1.82, 2.24) is 9.88 Å².